The molecule has 0 saturated heterocycles. The van der Waals surface area contributed by atoms with E-state index in [2.05, 4.69) is 33.9 Å². The van der Waals surface area contributed by atoms with Gasteiger partial charge in [0.05, 0.1) is 6.54 Å². The van der Waals surface area contributed by atoms with Crippen LogP contribution in [0.5, 0.6) is 5.75 Å². The van der Waals surface area contributed by atoms with E-state index in [9.17, 15) is 4.79 Å². The highest BCUT2D eigenvalue weighted by molar-refractivity contribution is 5.94. The van der Waals surface area contributed by atoms with Gasteiger partial charge in [-0.15, -0.1) is 0 Å². The first-order chi connectivity index (χ1) is 13.7. The molecule has 0 aromatic heterocycles. The Hall–Kier alpha value is -3.02. The maximum Gasteiger partial charge on any atom is 0.225 e. The number of carbonyl (C=O) groups is 1. The molecule has 2 atom stereocenters. The number of fused-ring (bicyclic) bond motifs is 1. The highest BCUT2D eigenvalue weighted by atomic mass is 16.5. The second-order valence-corrected chi connectivity index (χ2v) is 6.83. The molecule has 0 bridgehead atoms. The molecule has 148 valence electrons. The summed E-state index contributed by atoms with van der Waals surface area (Å²) in [7, 11) is 1.75. The number of benzene rings is 2. The highest BCUT2D eigenvalue weighted by Crippen LogP contribution is 2.31. The van der Waals surface area contributed by atoms with Crippen LogP contribution in [0.15, 0.2) is 59.6 Å². The first-order valence-electron chi connectivity index (χ1n) is 9.74. The van der Waals surface area contributed by atoms with Crippen LogP contribution in [0, 0.1) is 0 Å². The van der Waals surface area contributed by atoms with E-state index in [1.165, 1.54) is 0 Å². The van der Waals surface area contributed by atoms with E-state index < -0.39 is 0 Å². The smallest absolute Gasteiger partial charge is 0.225 e. The van der Waals surface area contributed by atoms with Crippen LogP contribution in [-0.4, -0.2) is 38.1 Å². The number of carbonyl (C=O) groups excluding carboxylic acids is 1. The van der Waals surface area contributed by atoms with E-state index in [0.29, 0.717) is 25.5 Å². The SMILES string of the molecule is CCC(CNC(=NC)NCC1CC(=O)Nc2ccccc21)Oc1ccccc1. The zero-order valence-electron chi connectivity index (χ0n) is 16.4. The van der Waals surface area contributed by atoms with Crippen molar-refractivity contribution in [2.24, 2.45) is 4.99 Å². The molecule has 3 N–H and O–H groups in total. The lowest BCUT2D eigenvalue weighted by atomic mass is 9.90. The summed E-state index contributed by atoms with van der Waals surface area (Å²) in [6, 6.07) is 17.8. The Morgan fingerprint density at radius 2 is 1.93 bits per heavy atom. The van der Waals surface area contributed by atoms with Crippen LogP contribution in [0.1, 0.15) is 31.2 Å². The summed E-state index contributed by atoms with van der Waals surface area (Å²) in [5.74, 6) is 1.74. The van der Waals surface area contributed by atoms with Crippen molar-refractivity contribution in [1.82, 2.24) is 10.6 Å². The van der Waals surface area contributed by atoms with Gasteiger partial charge in [-0.2, -0.15) is 0 Å². The minimum Gasteiger partial charge on any atom is -0.489 e. The van der Waals surface area contributed by atoms with Crippen molar-refractivity contribution in [2.75, 3.05) is 25.5 Å². The fraction of sp³-hybridized carbons (Fsp3) is 0.364. The second-order valence-electron chi connectivity index (χ2n) is 6.83. The molecule has 1 amide bonds. The fourth-order valence-electron chi connectivity index (χ4n) is 3.30. The van der Waals surface area contributed by atoms with Crippen LogP contribution < -0.4 is 20.7 Å². The number of para-hydroxylation sites is 2. The van der Waals surface area contributed by atoms with Gasteiger partial charge in [-0.25, -0.2) is 0 Å². The van der Waals surface area contributed by atoms with Gasteiger partial charge < -0.3 is 20.7 Å². The summed E-state index contributed by atoms with van der Waals surface area (Å²) in [5.41, 5.74) is 2.06. The number of hydrogen-bond acceptors (Lipinski definition) is 3. The normalized spacial score (nSPS) is 17.3. The standard InChI is InChI=1S/C22H28N4O2/c1-3-17(28-18-9-5-4-6-10-18)15-25-22(23-2)24-14-16-13-21(27)26-20-12-8-7-11-19(16)20/h4-12,16-17H,3,13-15H2,1-2H3,(H,26,27)(H2,23,24,25). The topological polar surface area (TPSA) is 74.8 Å². The van der Waals surface area contributed by atoms with Crippen molar-refractivity contribution in [1.29, 1.82) is 0 Å². The number of guanidine groups is 1. The molecule has 6 nitrogen and oxygen atoms in total. The van der Waals surface area contributed by atoms with E-state index in [-0.39, 0.29) is 17.9 Å². The van der Waals surface area contributed by atoms with Gasteiger partial charge in [0, 0.05) is 31.6 Å². The molecule has 2 unspecified atom stereocenters. The van der Waals surface area contributed by atoms with Crippen LogP contribution >= 0.6 is 0 Å². The average Bonchev–Trinajstić information content (AvgIpc) is 2.73. The molecule has 1 aliphatic rings. The molecular formula is C22H28N4O2. The summed E-state index contributed by atoms with van der Waals surface area (Å²) in [5, 5.41) is 9.61. The van der Waals surface area contributed by atoms with E-state index in [0.717, 1.165) is 23.4 Å². The average molecular weight is 380 g/mol. The first-order valence-corrected chi connectivity index (χ1v) is 9.74. The third kappa shape index (κ3) is 5.25. The largest absolute Gasteiger partial charge is 0.489 e. The Morgan fingerprint density at radius 3 is 2.68 bits per heavy atom. The van der Waals surface area contributed by atoms with Gasteiger partial charge in [-0.3, -0.25) is 9.79 Å². The molecule has 0 aliphatic carbocycles. The van der Waals surface area contributed by atoms with Gasteiger partial charge in [-0.1, -0.05) is 43.3 Å². The number of nitrogens with one attached hydrogen (secondary N) is 3. The molecule has 0 saturated carbocycles. The number of amides is 1. The van der Waals surface area contributed by atoms with Gasteiger partial charge >= 0.3 is 0 Å². The Bertz CT molecular complexity index is 807. The van der Waals surface area contributed by atoms with Crippen molar-refractivity contribution in [3.05, 3.63) is 60.2 Å². The van der Waals surface area contributed by atoms with Gasteiger partial charge in [0.15, 0.2) is 5.96 Å². The molecule has 2 aromatic carbocycles. The molecule has 0 radical (unpaired) electrons. The zero-order valence-corrected chi connectivity index (χ0v) is 16.4. The number of rotatable bonds is 7. The molecule has 1 aliphatic heterocycles. The van der Waals surface area contributed by atoms with Crippen LogP contribution in [0.4, 0.5) is 5.69 Å². The highest BCUT2D eigenvalue weighted by Gasteiger charge is 2.24. The van der Waals surface area contributed by atoms with Crippen molar-refractivity contribution >= 4 is 17.6 Å². The third-order valence-electron chi connectivity index (χ3n) is 4.84. The van der Waals surface area contributed by atoms with Crippen molar-refractivity contribution in [3.8, 4) is 5.75 Å². The summed E-state index contributed by atoms with van der Waals surface area (Å²) < 4.78 is 6.02. The van der Waals surface area contributed by atoms with Crippen LogP contribution in [0.25, 0.3) is 0 Å². The Labute approximate surface area is 166 Å². The molecule has 1 heterocycles. The Kier molecular flexibility index (Phi) is 6.89. The maximum atomic E-state index is 12.0. The second kappa shape index (κ2) is 9.78. The molecule has 3 rings (SSSR count). The van der Waals surface area contributed by atoms with Crippen molar-refractivity contribution < 1.29 is 9.53 Å². The van der Waals surface area contributed by atoms with E-state index in [1.807, 2.05) is 48.5 Å². The number of nitrogens with zero attached hydrogens (tertiary/aromatic N) is 1. The first kappa shape index (κ1) is 19.7. The number of ether oxygens (including phenoxy) is 1. The van der Waals surface area contributed by atoms with E-state index in [1.54, 1.807) is 7.05 Å². The lowest BCUT2D eigenvalue weighted by Crippen LogP contribution is -2.44. The summed E-state index contributed by atoms with van der Waals surface area (Å²) in [6.07, 6.45) is 1.40. The Morgan fingerprint density at radius 1 is 1.18 bits per heavy atom. The van der Waals surface area contributed by atoms with Gasteiger partial charge in [-0.05, 0) is 30.2 Å². The number of anilines is 1. The lowest BCUT2D eigenvalue weighted by Gasteiger charge is -2.26. The molecule has 6 heteroatoms. The van der Waals surface area contributed by atoms with Gasteiger partial charge in [0.1, 0.15) is 11.9 Å². The van der Waals surface area contributed by atoms with Crippen LogP contribution in [0.2, 0.25) is 0 Å². The van der Waals surface area contributed by atoms with Crippen molar-refractivity contribution in [3.63, 3.8) is 0 Å². The zero-order chi connectivity index (χ0) is 19.8. The van der Waals surface area contributed by atoms with E-state index in [4.69, 9.17) is 4.74 Å². The molecule has 2 aromatic rings. The van der Waals surface area contributed by atoms with Crippen molar-refractivity contribution in [2.45, 2.75) is 31.8 Å². The fourth-order valence-corrected chi connectivity index (χ4v) is 3.30. The van der Waals surface area contributed by atoms with E-state index >= 15 is 0 Å². The Balaban J connectivity index is 1.53. The summed E-state index contributed by atoms with van der Waals surface area (Å²) >= 11 is 0. The predicted molar refractivity (Wildman–Crippen MR) is 113 cm³/mol. The summed E-state index contributed by atoms with van der Waals surface area (Å²) in [6.45, 7) is 3.39. The number of aliphatic imine (C=N–C) groups is 1. The maximum absolute atomic E-state index is 12.0. The molecule has 28 heavy (non-hydrogen) atoms. The quantitative estimate of drug-likeness (QED) is 0.510. The van der Waals surface area contributed by atoms with Gasteiger partial charge in [0.2, 0.25) is 5.91 Å². The monoisotopic (exact) mass is 380 g/mol. The van der Waals surface area contributed by atoms with Crippen LogP contribution in [-0.2, 0) is 4.79 Å². The third-order valence-corrected chi connectivity index (χ3v) is 4.84. The predicted octanol–water partition coefficient (Wildman–Crippen LogP) is 3.14. The van der Waals surface area contributed by atoms with Gasteiger partial charge in [0.25, 0.3) is 0 Å². The minimum atomic E-state index is 0.0436. The molecule has 0 spiro atoms. The summed E-state index contributed by atoms with van der Waals surface area (Å²) in [4.78, 5) is 16.3. The minimum absolute atomic E-state index is 0.0436. The lowest BCUT2D eigenvalue weighted by molar-refractivity contribution is -0.116. The molecule has 0 fully saturated rings. The van der Waals surface area contributed by atoms with Crippen LogP contribution in [0.3, 0.4) is 0 Å². The number of hydrogen-bond donors (Lipinski definition) is 3. The molecular weight excluding hydrogens is 352 g/mol.